The highest BCUT2D eigenvalue weighted by molar-refractivity contribution is 8.00. The van der Waals surface area contributed by atoms with E-state index in [-0.39, 0.29) is 16.9 Å². The second kappa shape index (κ2) is 14.9. The van der Waals surface area contributed by atoms with Gasteiger partial charge in [-0.15, -0.1) is 11.8 Å². The van der Waals surface area contributed by atoms with Crippen molar-refractivity contribution in [2.75, 3.05) is 17.2 Å². The molecule has 0 saturated carbocycles. The van der Waals surface area contributed by atoms with Crippen LogP contribution < -0.4 is 20.7 Å². The standard InChI is InChI=1S/C37H33N3O4S/c1-3-44-34-19-10-8-15-28(34)24-33(40-36(42)27-13-5-4-6-14-27)37(43)38-29-20-22-30(23-21-29)45-25(2)35(41)39-32-18-11-16-26-12-7-9-17-31(26)32/h4-25H,3H2,1-2H3,(H,38,43)(H,39,41)(H,40,42)/b33-24-. The minimum Gasteiger partial charge on any atom is -0.493 e. The van der Waals surface area contributed by atoms with Crippen molar-refractivity contribution >= 4 is 57.7 Å². The van der Waals surface area contributed by atoms with E-state index >= 15 is 0 Å². The molecule has 226 valence electrons. The van der Waals surface area contributed by atoms with Crippen LogP contribution in [-0.2, 0) is 9.59 Å². The first kappa shape index (κ1) is 31.1. The molecule has 0 saturated heterocycles. The molecule has 5 aromatic carbocycles. The number of anilines is 2. The Balaban J connectivity index is 1.27. The Morgan fingerprint density at radius 2 is 1.47 bits per heavy atom. The molecule has 0 bridgehead atoms. The summed E-state index contributed by atoms with van der Waals surface area (Å²) < 4.78 is 5.72. The van der Waals surface area contributed by atoms with Crippen molar-refractivity contribution in [3.63, 3.8) is 0 Å². The lowest BCUT2D eigenvalue weighted by atomic mass is 10.1. The second-order valence-electron chi connectivity index (χ2n) is 10.1. The van der Waals surface area contributed by atoms with Gasteiger partial charge in [0.2, 0.25) is 5.91 Å². The molecule has 0 fully saturated rings. The van der Waals surface area contributed by atoms with Gasteiger partial charge in [-0.1, -0.05) is 72.8 Å². The second-order valence-corrected chi connectivity index (χ2v) is 11.5. The quantitative estimate of drug-likeness (QED) is 0.104. The Morgan fingerprint density at radius 1 is 0.778 bits per heavy atom. The molecule has 45 heavy (non-hydrogen) atoms. The van der Waals surface area contributed by atoms with Crippen LogP contribution in [0.1, 0.15) is 29.8 Å². The lowest BCUT2D eigenvalue weighted by Gasteiger charge is -2.15. The van der Waals surface area contributed by atoms with E-state index in [0.717, 1.165) is 21.4 Å². The third kappa shape index (κ3) is 8.19. The number of fused-ring (bicyclic) bond motifs is 1. The summed E-state index contributed by atoms with van der Waals surface area (Å²) in [6, 6.07) is 37.0. The molecule has 0 heterocycles. The number of benzene rings is 5. The number of nitrogens with one attached hydrogen (secondary N) is 3. The average Bonchev–Trinajstić information content (AvgIpc) is 3.06. The van der Waals surface area contributed by atoms with Gasteiger partial charge in [0.1, 0.15) is 11.4 Å². The molecule has 3 amide bonds. The maximum Gasteiger partial charge on any atom is 0.272 e. The number of carbonyl (C=O) groups is 3. The van der Waals surface area contributed by atoms with Crippen LogP contribution in [0.3, 0.4) is 0 Å². The SMILES string of the molecule is CCOc1ccccc1/C=C(\NC(=O)c1ccccc1)C(=O)Nc1ccc(SC(C)C(=O)Nc2cccc3ccccc23)cc1. The zero-order chi connectivity index (χ0) is 31.6. The monoisotopic (exact) mass is 615 g/mol. The van der Waals surface area contributed by atoms with E-state index in [1.54, 1.807) is 42.5 Å². The van der Waals surface area contributed by atoms with Crippen molar-refractivity contribution in [2.45, 2.75) is 24.0 Å². The third-order valence-corrected chi connectivity index (χ3v) is 8.00. The molecule has 7 nitrogen and oxygen atoms in total. The van der Waals surface area contributed by atoms with Crippen molar-refractivity contribution in [3.05, 3.63) is 138 Å². The molecule has 0 radical (unpaired) electrons. The molecule has 0 aliphatic rings. The van der Waals surface area contributed by atoms with Gasteiger partial charge in [-0.05, 0) is 73.8 Å². The lowest BCUT2D eigenvalue weighted by molar-refractivity contribution is -0.115. The van der Waals surface area contributed by atoms with E-state index in [1.807, 2.05) is 98.8 Å². The first-order chi connectivity index (χ1) is 21.9. The van der Waals surface area contributed by atoms with Crippen LogP contribution in [-0.4, -0.2) is 29.6 Å². The number of thioether (sulfide) groups is 1. The van der Waals surface area contributed by atoms with Gasteiger partial charge in [-0.2, -0.15) is 0 Å². The van der Waals surface area contributed by atoms with Crippen LogP contribution in [0.4, 0.5) is 11.4 Å². The van der Waals surface area contributed by atoms with E-state index < -0.39 is 11.8 Å². The van der Waals surface area contributed by atoms with Gasteiger partial charge in [0.25, 0.3) is 11.8 Å². The summed E-state index contributed by atoms with van der Waals surface area (Å²) >= 11 is 1.42. The molecule has 0 spiro atoms. The molecule has 1 atom stereocenters. The van der Waals surface area contributed by atoms with Crippen molar-refractivity contribution in [2.24, 2.45) is 0 Å². The number of ether oxygens (including phenoxy) is 1. The maximum atomic E-state index is 13.5. The summed E-state index contributed by atoms with van der Waals surface area (Å²) in [5.41, 5.74) is 2.45. The summed E-state index contributed by atoms with van der Waals surface area (Å²) in [6.45, 7) is 4.19. The number of para-hydroxylation sites is 1. The fraction of sp³-hybridized carbons (Fsp3) is 0.108. The molecule has 5 rings (SSSR count). The molecule has 0 aliphatic heterocycles. The summed E-state index contributed by atoms with van der Waals surface area (Å²) in [4.78, 5) is 40.4. The van der Waals surface area contributed by atoms with Gasteiger partial charge in [-0.3, -0.25) is 14.4 Å². The topological polar surface area (TPSA) is 96.5 Å². The lowest BCUT2D eigenvalue weighted by Crippen LogP contribution is -2.30. The average molecular weight is 616 g/mol. The van der Waals surface area contributed by atoms with Gasteiger partial charge in [-0.25, -0.2) is 0 Å². The van der Waals surface area contributed by atoms with Crippen LogP contribution in [0.15, 0.2) is 132 Å². The molecular formula is C37H33N3O4S. The zero-order valence-electron chi connectivity index (χ0n) is 25.0. The molecule has 3 N–H and O–H groups in total. The molecule has 8 heteroatoms. The number of amides is 3. The Morgan fingerprint density at radius 3 is 2.24 bits per heavy atom. The molecule has 0 aromatic heterocycles. The Bertz CT molecular complexity index is 1830. The third-order valence-electron chi connectivity index (χ3n) is 6.89. The van der Waals surface area contributed by atoms with Crippen LogP contribution >= 0.6 is 11.8 Å². The fourth-order valence-corrected chi connectivity index (χ4v) is 5.49. The Labute approximate surface area is 266 Å². The highest BCUT2D eigenvalue weighted by Crippen LogP contribution is 2.28. The summed E-state index contributed by atoms with van der Waals surface area (Å²) in [5.74, 6) is -0.411. The molecule has 5 aromatic rings. The number of hydrogen-bond acceptors (Lipinski definition) is 5. The van der Waals surface area contributed by atoms with E-state index in [0.29, 0.717) is 29.2 Å². The number of carbonyl (C=O) groups excluding carboxylic acids is 3. The van der Waals surface area contributed by atoms with Crippen LogP contribution in [0, 0.1) is 0 Å². The first-order valence-electron chi connectivity index (χ1n) is 14.6. The summed E-state index contributed by atoms with van der Waals surface area (Å²) in [5, 5.41) is 10.4. The maximum absolute atomic E-state index is 13.5. The highest BCUT2D eigenvalue weighted by atomic mass is 32.2. The van der Waals surface area contributed by atoms with Crippen LogP contribution in [0.2, 0.25) is 0 Å². The van der Waals surface area contributed by atoms with Gasteiger partial charge < -0.3 is 20.7 Å². The first-order valence-corrected chi connectivity index (χ1v) is 15.5. The number of rotatable bonds is 11. The minimum atomic E-state index is -0.492. The van der Waals surface area contributed by atoms with Gasteiger partial charge in [0.05, 0.1) is 11.9 Å². The van der Waals surface area contributed by atoms with Gasteiger partial charge in [0.15, 0.2) is 0 Å². The molecular weight excluding hydrogens is 582 g/mol. The predicted octanol–water partition coefficient (Wildman–Crippen LogP) is 7.77. The Hall–Kier alpha value is -5.34. The van der Waals surface area contributed by atoms with Crippen LogP contribution in [0.5, 0.6) is 5.75 Å². The summed E-state index contributed by atoms with van der Waals surface area (Å²) in [6.07, 6.45) is 1.60. The fourth-order valence-electron chi connectivity index (χ4n) is 4.63. The van der Waals surface area contributed by atoms with Gasteiger partial charge in [0, 0.05) is 32.8 Å². The highest BCUT2D eigenvalue weighted by Gasteiger charge is 2.18. The molecule has 1 unspecified atom stereocenters. The largest absolute Gasteiger partial charge is 0.493 e. The van der Waals surface area contributed by atoms with Gasteiger partial charge >= 0.3 is 0 Å². The van der Waals surface area contributed by atoms with Crippen LogP contribution in [0.25, 0.3) is 16.8 Å². The van der Waals surface area contributed by atoms with Crippen molar-refractivity contribution < 1.29 is 19.1 Å². The van der Waals surface area contributed by atoms with Crippen molar-refractivity contribution in [1.82, 2.24) is 5.32 Å². The minimum absolute atomic E-state index is 0.0631. The molecule has 0 aliphatic carbocycles. The zero-order valence-corrected chi connectivity index (χ0v) is 25.8. The number of hydrogen-bond donors (Lipinski definition) is 3. The normalized spacial score (nSPS) is 11.8. The summed E-state index contributed by atoms with van der Waals surface area (Å²) in [7, 11) is 0. The van der Waals surface area contributed by atoms with E-state index in [2.05, 4.69) is 16.0 Å². The van der Waals surface area contributed by atoms with Crippen molar-refractivity contribution in [3.8, 4) is 5.75 Å². The van der Waals surface area contributed by atoms with Crippen molar-refractivity contribution in [1.29, 1.82) is 0 Å². The smallest absolute Gasteiger partial charge is 0.272 e. The predicted molar refractivity (Wildman–Crippen MR) is 182 cm³/mol. The van der Waals surface area contributed by atoms with E-state index in [1.165, 1.54) is 11.8 Å². The Kier molecular flexibility index (Phi) is 10.3. The van der Waals surface area contributed by atoms with E-state index in [4.69, 9.17) is 4.74 Å². The van der Waals surface area contributed by atoms with E-state index in [9.17, 15) is 14.4 Å².